The van der Waals surface area contributed by atoms with Gasteiger partial charge in [0.2, 0.25) is 0 Å². The fraction of sp³-hybridized carbons (Fsp3) is 0.857. The molecule has 0 aromatic heterocycles. The maximum absolute atomic E-state index is 12.6. The molecule has 0 unspecified atom stereocenters. The Morgan fingerprint density at radius 2 is 1.04 bits per heavy atom. The predicted octanol–water partition coefficient (Wildman–Crippen LogP) is 3.28. The third kappa shape index (κ3) is 6.47. The molecule has 0 bridgehead atoms. The van der Waals surface area contributed by atoms with Crippen LogP contribution in [0.4, 0.5) is 0 Å². The number of hydrogen-bond acceptors (Lipinski definition) is 7. The molecule has 4 atom stereocenters. The minimum absolute atomic E-state index is 0.0502. The second-order valence-corrected chi connectivity index (χ2v) is 10.5. The number of carbonyl (C=O) groups is 3. The lowest BCUT2D eigenvalue weighted by Gasteiger charge is -2.41. The number of ether oxygens (including phenoxy) is 4. The Kier molecular flexibility index (Phi) is 7.32. The molecule has 0 spiro atoms. The molecule has 7 heteroatoms. The van der Waals surface area contributed by atoms with Crippen molar-refractivity contribution in [3.63, 3.8) is 0 Å². The Morgan fingerprint density at radius 1 is 0.679 bits per heavy atom. The zero-order chi connectivity index (χ0) is 22.1. The van der Waals surface area contributed by atoms with Crippen molar-refractivity contribution in [2.24, 2.45) is 16.2 Å². The maximum atomic E-state index is 12.6. The summed E-state index contributed by atoms with van der Waals surface area (Å²) in [7, 11) is 0. The molecule has 1 saturated heterocycles. The van der Waals surface area contributed by atoms with Crippen molar-refractivity contribution in [1.29, 1.82) is 0 Å². The zero-order valence-electron chi connectivity index (χ0n) is 18.9. The van der Waals surface area contributed by atoms with Gasteiger partial charge in [0.1, 0.15) is 0 Å². The summed E-state index contributed by atoms with van der Waals surface area (Å²) < 4.78 is 22.6. The molecule has 1 heterocycles. The fourth-order valence-electron chi connectivity index (χ4n) is 2.24. The molecule has 0 N–H and O–H groups in total. The van der Waals surface area contributed by atoms with Gasteiger partial charge in [-0.2, -0.15) is 0 Å². The van der Waals surface area contributed by atoms with Gasteiger partial charge in [-0.15, -0.1) is 0 Å². The van der Waals surface area contributed by atoms with E-state index in [0.29, 0.717) is 0 Å². The van der Waals surface area contributed by atoms with E-state index in [9.17, 15) is 14.4 Å². The van der Waals surface area contributed by atoms with E-state index in [0.717, 1.165) is 0 Å². The molecule has 1 aliphatic rings. The van der Waals surface area contributed by atoms with Crippen LogP contribution in [0.1, 0.15) is 69.2 Å². The summed E-state index contributed by atoms with van der Waals surface area (Å²) in [5.41, 5.74) is -2.24. The lowest BCUT2D eigenvalue weighted by Crippen LogP contribution is -2.58. The molecule has 0 aromatic carbocycles. The first-order valence-corrected chi connectivity index (χ1v) is 9.69. The molecule has 0 saturated carbocycles. The second-order valence-electron chi connectivity index (χ2n) is 10.5. The molecule has 1 rings (SSSR count). The van der Waals surface area contributed by atoms with Gasteiger partial charge >= 0.3 is 17.9 Å². The quantitative estimate of drug-likeness (QED) is 0.530. The van der Waals surface area contributed by atoms with E-state index in [-0.39, 0.29) is 6.61 Å². The van der Waals surface area contributed by atoms with Crippen molar-refractivity contribution >= 4 is 17.9 Å². The van der Waals surface area contributed by atoms with Crippen LogP contribution >= 0.6 is 0 Å². The van der Waals surface area contributed by atoms with Crippen molar-refractivity contribution in [2.45, 2.75) is 93.7 Å². The Labute approximate surface area is 168 Å². The van der Waals surface area contributed by atoms with Gasteiger partial charge in [0.15, 0.2) is 18.3 Å². The average molecular weight is 401 g/mol. The van der Waals surface area contributed by atoms with Crippen molar-refractivity contribution in [1.82, 2.24) is 0 Å². The van der Waals surface area contributed by atoms with Gasteiger partial charge in [0, 0.05) is 0 Å². The molecule has 1 fully saturated rings. The molecule has 0 radical (unpaired) electrons. The van der Waals surface area contributed by atoms with Crippen LogP contribution in [0.2, 0.25) is 0 Å². The van der Waals surface area contributed by atoms with Crippen molar-refractivity contribution in [3.8, 4) is 0 Å². The predicted molar refractivity (Wildman–Crippen MR) is 103 cm³/mol. The smallest absolute Gasteiger partial charge is 0.311 e. The third-order valence-electron chi connectivity index (χ3n) is 4.26. The largest absolute Gasteiger partial charge is 0.455 e. The number of hydrogen-bond donors (Lipinski definition) is 0. The first-order valence-electron chi connectivity index (χ1n) is 9.69. The Hall–Kier alpha value is -1.63. The molecule has 1 aliphatic heterocycles. The van der Waals surface area contributed by atoms with Crippen LogP contribution in [-0.4, -0.2) is 48.9 Å². The topological polar surface area (TPSA) is 88.1 Å². The van der Waals surface area contributed by atoms with Crippen LogP contribution in [-0.2, 0) is 33.3 Å². The van der Waals surface area contributed by atoms with Gasteiger partial charge in [-0.25, -0.2) is 0 Å². The Balaban J connectivity index is 3.18. The summed E-state index contributed by atoms with van der Waals surface area (Å²) in [6.07, 6.45) is -3.22. The second kappa shape index (κ2) is 8.39. The molecule has 7 nitrogen and oxygen atoms in total. The summed E-state index contributed by atoms with van der Waals surface area (Å²) in [6.45, 7) is 17.4. The zero-order valence-corrected chi connectivity index (χ0v) is 18.9. The maximum Gasteiger partial charge on any atom is 0.311 e. The van der Waals surface area contributed by atoms with E-state index in [4.69, 9.17) is 18.9 Å². The molecule has 28 heavy (non-hydrogen) atoms. The van der Waals surface area contributed by atoms with Gasteiger partial charge in [0.25, 0.3) is 0 Å². The Bertz CT molecular complexity index is 589. The highest BCUT2D eigenvalue weighted by atomic mass is 16.6. The summed E-state index contributed by atoms with van der Waals surface area (Å²) in [5, 5.41) is 0. The van der Waals surface area contributed by atoms with Gasteiger partial charge in [-0.1, -0.05) is 0 Å². The molecule has 0 amide bonds. The third-order valence-corrected chi connectivity index (χ3v) is 4.26. The summed E-state index contributed by atoms with van der Waals surface area (Å²) in [6, 6.07) is 0. The molecule has 162 valence electrons. The Morgan fingerprint density at radius 3 is 1.43 bits per heavy atom. The molecule has 0 aromatic rings. The highest BCUT2D eigenvalue weighted by molar-refractivity contribution is 5.77. The lowest BCUT2D eigenvalue weighted by molar-refractivity contribution is -0.232. The van der Waals surface area contributed by atoms with Crippen molar-refractivity contribution in [3.05, 3.63) is 0 Å². The average Bonchev–Trinajstić information content (AvgIpc) is 2.49. The number of carbonyl (C=O) groups excluding carboxylic acids is 3. The molecular weight excluding hydrogens is 364 g/mol. The first kappa shape index (κ1) is 24.4. The molecular formula is C21H36O7. The van der Waals surface area contributed by atoms with Crippen LogP contribution < -0.4 is 0 Å². The van der Waals surface area contributed by atoms with Crippen molar-refractivity contribution < 1.29 is 33.3 Å². The van der Waals surface area contributed by atoms with E-state index in [1.165, 1.54) is 0 Å². The number of rotatable bonds is 3. The standard InChI is InChI=1S/C21H36O7/c1-12-14(27-17(23)20(5,6)7)15(28-18(24)21(8,9)10)13(11-25-12)26-16(22)19(2,3)4/h12-15H,11H2,1-10H3/t12-,13-,14-,15-/m0/s1. The highest BCUT2D eigenvalue weighted by Gasteiger charge is 2.48. The van der Waals surface area contributed by atoms with Gasteiger partial charge in [-0.05, 0) is 69.2 Å². The van der Waals surface area contributed by atoms with Crippen molar-refractivity contribution in [2.75, 3.05) is 6.61 Å². The minimum atomic E-state index is -0.951. The van der Waals surface area contributed by atoms with Gasteiger partial charge in [-0.3, -0.25) is 14.4 Å². The van der Waals surface area contributed by atoms with E-state index >= 15 is 0 Å². The summed E-state index contributed by atoms with van der Waals surface area (Å²) >= 11 is 0. The lowest BCUT2D eigenvalue weighted by atomic mass is 9.94. The van der Waals surface area contributed by atoms with E-state index in [2.05, 4.69) is 0 Å². The summed E-state index contributed by atoms with van der Waals surface area (Å²) in [5.74, 6) is -1.37. The highest BCUT2D eigenvalue weighted by Crippen LogP contribution is 2.30. The van der Waals surface area contributed by atoms with Crippen LogP contribution in [0, 0.1) is 16.2 Å². The normalized spacial score (nSPS) is 26.4. The summed E-state index contributed by atoms with van der Waals surface area (Å²) in [4.78, 5) is 37.4. The van der Waals surface area contributed by atoms with Gasteiger partial charge in [0.05, 0.1) is 29.0 Å². The monoisotopic (exact) mass is 400 g/mol. The van der Waals surface area contributed by atoms with Crippen LogP contribution in [0.3, 0.4) is 0 Å². The molecule has 0 aliphatic carbocycles. The van der Waals surface area contributed by atoms with E-state index in [1.54, 1.807) is 69.2 Å². The SMILES string of the molecule is C[C@@H]1OC[C@H](OC(=O)C(C)(C)C)[C@H](OC(=O)C(C)(C)C)[C@H]1OC(=O)C(C)(C)C. The fourth-order valence-corrected chi connectivity index (χ4v) is 2.24. The van der Waals surface area contributed by atoms with E-state index < -0.39 is 58.6 Å². The van der Waals surface area contributed by atoms with Crippen LogP contribution in [0.5, 0.6) is 0 Å². The van der Waals surface area contributed by atoms with Crippen LogP contribution in [0.25, 0.3) is 0 Å². The van der Waals surface area contributed by atoms with Gasteiger partial charge < -0.3 is 18.9 Å². The van der Waals surface area contributed by atoms with E-state index in [1.807, 2.05) is 0 Å². The first-order chi connectivity index (χ1) is 12.4. The minimum Gasteiger partial charge on any atom is -0.455 e. The number of esters is 3. The van der Waals surface area contributed by atoms with Crippen LogP contribution in [0.15, 0.2) is 0 Å².